The molecule has 1 amide bonds. The summed E-state index contributed by atoms with van der Waals surface area (Å²) < 4.78 is 3.97. The summed E-state index contributed by atoms with van der Waals surface area (Å²) in [5.41, 5.74) is 2.02. The molecule has 2 aliphatic heterocycles. The first-order valence-electron chi connectivity index (χ1n) is 10.1. The zero-order valence-electron chi connectivity index (χ0n) is 17.4. The van der Waals surface area contributed by atoms with Gasteiger partial charge in [0.25, 0.3) is 5.56 Å². The highest BCUT2D eigenvalue weighted by molar-refractivity contribution is 7.99. The molecule has 156 valence electrons. The number of aromatic nitrogens is 3. The minimum Gasteiger partial charge on any atom is -0.341 e. The van der Waals surface area contributed by atoms with Crippen LogP contribution in [-0.4, -0.2) is 62.0 Å². The summed E-state index contributed by atoms with van der Waals surface area (Å²) in [6.07, 6.45) is 6.76. The summed E-state index contributed by atoms with van der Waals surface area (Å²) in [6, 6.07) is 4.08. The van der Waals surface area contributed by atoms with E-state index in [2.05, 4.69) is 16.0 Å². The van der Waals surface area contributed by atoms with Crippen molar-refractivity contribution in [3.8, 4) is 0 Å². The van der Waals surface area contributed by atoms with Gasteiger partial charge < -0.3 is 14.0 Å². The van der Waals surface area contributed by atoms with Crippen LogP contribution < -0.4 is 5.56 Å². The van der Waals surface area contributed by atoms with Gasteiger partial charge in [0.15, 0.2) is 0 Å². The van der Waals surface area contributed by atoms with Crippen LogP contribution in [0.4, 0.5) is 0 Å². The summed E-state index contributed by atoms with van der Waals surface area (Å²) >= 11 is 1.57. The molecule has 0 aliphatic carbocycles. The Labute approximate surface area is 175 Å². The molecule has 0 radical (unpaired) electrons. The second-order valence-corrected chi connectivity index (χ2v) is 9.22. The highest BCUT2D eigenvalue weighted by Gasteiger charge is 2.36. The molecule has 0 N–H and O–H groups in total. The fourth-order valence-electron chi connectivity index (χ4n) is 4.67. The molecule has 0 saturated carbocycles. The van der Waals surface area contributed by atoms with Crippen molar-refractivity contribution in [3.63, 3.8) is 0 Å². The van der Waals surface area contributed by atoms with Crippen molar-refractivity contribution < 1.29 is 4.79 Å². The van der Waals surface area contributed by atoms with E-state index < -0.39 is 0 Å². The molecular formula is C21H29N5O2S. The van der Waals surface area contributed by atoms with Gasteiger partial charge in [0.05, 0.1) is 12.3 Å². The van der Waals surface area contributed by atoms with Crippen LogP contribution in [0.3, 0.4) is 0 Å². The Bertz CT molecular complexity index is 953. The molecule has 0 spiro atoms. The molecule has 2 aromatic rings. The van der Waals surface area contributed by atoms with E-state index in [0.717, 1.165) is 36.6 Å². The zero-order chi connectivity index (χ0) is 20.5. The summed E-state index contributed by atoms with van der Waals surface area (Å²) in [5.74, 6) is 2.37. The van der Waals surface area contributed by atoms with Gasteiger partial charge in [-0.15, -0.1) is 0 Å². The number of rotatable bonds is 6. The number of thioether (sulfide) groups is 1. The molecule has 29 heavy (non-hydrogen) atoms. The molecule has 4 heterocycles. The van der Waals surface area contributed by atoms with E-state index >= 15 is 0 Å². The van der Waals surface area contributed by atoms with E-state index in [1.807, 2.05) is 46.6 Å². The molecule has 2 bridgehead atoms. The Balaban J connectivity index is 1.51. The normalized spacial score (nSPS) is 20.8. The monoisotopic (exact) mass is 415 g/mol. The fraction of sp³-hybridized carbons (Fsp3) is 0.571. The molecule has 8 heteroatoms. The summed E-state index contributed by atoms with van der Waals surface area (Å²) in [4.78, 5) is 34.0. The Morgan fingerprint density at radius 2 is 2.10 bits per heavy atom. The highest BCUT2D eigenvalue weighted by atomic mass is 32.2. The van der Waals surface area contributed by atoms with Crippen molar-refractivity contribution in [2.24, 2.45) is 13.0 Å². The SMILES string of the molecule is CSCC(=O)N1C[C@@H]2C[C@H](C1)c1ccc(CN(C)Cc3nccn3C)c(=O)n1C2. The number of hydrogen-bond acceptors (Lipinski definition) is 5. The average molecular weight is 416 g/mol. The minimum atomic E-state index is 0.118. The third-order valence-corrected chi connectivity index (χ3v) is 6.61. The highest BCUT2D eigenvalue weighted by Crippen LogP contribution is 2.35. The number of nitrogens with zero attached hydrogens (tertiary/aromatic N) is 5. The van der Waals surface area contributed by atoms with Crippen molar-refractivity contribution in [2.75, 3.05) is 32.1 Å². The van der Waals surface area contributed by atoms with Gasteiger partial charge in [-0.2, -0.15) is 11.8 Å². The van der Waals surface area contributed by atoms with Gasteiger partial charge in [-0.05, 0) is 31.7 Å². The number of carbonyl (C=O) groups is 1. The van der Waals surface area contributed by atoms with E-state index in [4.69, 9.17) is 0 Å². The van der Waals surface area contributed by atoms with Crippen molar-refractivity contribution >= 4 is 17.7 Å². The van der Waals surface area contributed by atoms with Crippen molar-refractivity contribution in [3.05, 3.63) is 52.0 Å². The lowest BCUT2D eigenvalue weighted by molar-refractivity contribution is -0.131. The number of aryl methyl sites for hydroxylation is 1. The fourth-order valence-corrected chi connectivity index (χ4v) is 5.10. The first kappa shape index (κ1) is 20.2. The van der Waals surface area contributed by atoms with Crippen LogP contribution >= 0.6 is 11.8 Å². The van der Waals surface area contributed by atoms with Gasteiger partial charge in [-0.3, -0.25) is 14.5 Å². The standard InChI is InChI=1S/C21H29N5O2S/c1-23(13-19-22-6-7-24(19)2)11-16-4-5-18-17-8-15(10-26(18)21(16)28)9-25(12-17)20(27)14-29-3/h4-7,15,17H,8-14H2,1-3H3/t15-,17+/m0/s1. The van der Waals surface area contributed by atoms with Gasteiger partial charge in [-0.25, -0.2) is 4.98 Å². The van der Waals surface area contributed by atoms with E-state index in [0.29, 0.717) is 31.3 Å². The summed E-state index contributed by atoms with van der Waals surface area (Å²) in [5, 5.41) is 0. The molecule has 4 rings (SSSR count). The van der Waals surface area contributed by atoms with Gasteiger partial charge in [0, 0.05) is 62.8 Å². The third kappa shape index (κ3) is 4.14. The maximum absolute atomic E-state index is 13.2. The van der Waals surface area contributed by atoms with Crippen LogP contribution in [0.1, 0.15) is 29.4 Å². The van der Waals surface area contributed by atoms with Gasteiger partial charge in [0.1, 0.15) is 5.82 Å². The average Bonchev–Trinajstić information content (AvgIpc) is 3.09. The third-order valence-electron chi connectivity index (χ3n) is 6.08. The van der Waals surface area contributed by atoms with Crippen LogP contribution in [0.25, 0.3) is 0 Å². The maximum atomic E-state index is 13.2. The second-order valence-electron chi connectivity index (χ2n) is 8.36. The largest absolute Gasteiger partial charge is 0.341 e. The molecule has 1 fully saturated rings. The molecule has 0 unspecified atom stereocenters. The van der Waals surface area contributed by atoms with Crippen LogP contribution in [0.2, 0.25) is 0 Å². The van der Waals surface area contributed by atoms with Crippen LogP contribution in [-0.2, 0) is 31.5 Å². The molecular weight excluding hydrogens is 386 g/mol. The van der Waals surface area contributed by atoms with Crippen LogP contribution in [0, 0.1) is 5.92 Å². The van der Waals surface area contributed by atoms with Crippen LogP contribution in [0.5, 0.6) is 0 Å². The lowest BCUT2D eigenvalue weighted by Crippen LogP contribution is -2.50. The number of hydrogen-bond donors (Lipinski definition) is 0. The van der Waals surface area contributed by atoms with E-state index in [1.165, 1.54) is 0 Å². The van der Waals surface area contributed by atoms with E-state index in [1.54, 1.807) is 18.0 Å². The smallest absolute Gasteiger partial charge is 0.255 e. The van der Waals surface area contributed by atoms with Gasteiger partial charge >= 0.3 is 0 Å². The Morgan fingerprint density at radius 1 is 1.28 bits per heavy atom. The lowest BCUT2D eigenvalue weighted by Gasteiger charge is -2.43. The number of carbonyl (C=O) groups excluding carboxylic acids is 1. The molecule has 2 aliphatic rings. The van der Waals surface area contributed by atoms with E-state index in [-0.39, 0.29) is 17.4 Å². The number of likely N-dealkylation sites (tertiary alicyclic amines) is 1. The lowest BCUT2D eigenvalue weighted by atomic mass is 9.83. The van der Waals surface area contributed by atoms with E-state index in [9.17, 15) is 9.59 Å². The first-order valence-corrected chi connectivity index (χ1v) is 11.5. The second kappa shape index (κ2) is 8.36. The van der Waals surface area contributed by atoms with Gasteiger partial charge in [0.2, 0.25) is 5.91 Å². The molecule has 7 nitrogen and oxygen atoms in total. The zero-order valence-corrected chi connectivity index (χ0v) is 18.2. The predicted octanol–water partition coefficient (Wildman–Crippen LogP) is 1.52. The quantitative estimate of drug-likeness (QED) is 0.716. The number of imidazole rings is 1. The molecule has 2 atom stereocenters. The predicted molar refractivity (Wildman–Crippen MR) is 115 cm³/mol. The number of piperidine rings is 1. The Morgan fingerprint density at radius 3 is 2.83 bits per heavy atom. The van der Waals surface area contributed by atoms with Crippen molar-refractivity contribution in [2.45, 2.75) is 32.0 Å². The Kier molecular flexibility index (Phi) is 5.83. The molecule has 2 aromatic heterocycles. The number of amides is 1. The summed E-state index contributed by atoms with van der Waals surface area (Å²) in [7, 11) is 4.00. The first-order chi connectivity index (χ1) is 14.0. The minimum absolute atomic E-state index is 0.118. The summed E-state index contributed by atoms with van der Waals surface area (Å²) in [6.45, 7) is 3.51. The number of pyridine rings is 1. The molecule has 0 aromatic carbocycles. The topological polar surface area (TPSA) is 63.4 Å². The molecule has 1 saturated heterocycles. The van der Waals surface area contributed by atoms with Crippen LogP contribution in [0.15, 0.2) is 29.3 Å². The maximum Gasteiger partial charge on any atom is 0.255 e. The van der Waals surface area contributed by atoms with Crippen molar-refractivity contribution in [1.29, 1.82) is 0 Å². The van der Waals surface area contributed by atoms with Crippen molar-refractivity contribution in [1.82, 2.24) is 23.9 Å². The van der Waals surface area contributed by atoms with Gasteiger partial charge in [-0.1, -0.05) is 6.07 Å². The number of fused-ring (bicyclic) bond motifs is 4. The Hall–Kier alpha value is -2.06.